The fraction of sp³-hybridized carbons (Fsp3) is 0.714. The van der Waals surface area contributed by atoms with Crippen LogP contribution in [0.2, 0.25) is 0 Å². The summed E-state index contributed by atoms with van der Waals surface area (Å²) in [4.78, 5) is 10.7. The number of nitrogens with zero attached hydrogens (tertiary/aromatic N) is 3. The molecule has 1 saturated carbocycles. The number of thiazole rings is 1. The van der Waals surface area contributed by atoms with Crippen LogP contribution in [0.4, 0.5) is 5.13 Å². The molecular weight excluding hydrogens is 286 g/mol. The van der Waals surface area contributed by atoms with E-state index in [0.717, 1.165) is 42.5 Å². The topological polar surface area (TPSA) is 61.8 Å². The van der Waals surface area contributed by atoms with Crippen molar-refractivity contribution < 1.29 is 4.74 Å². The van der Waals surface area contributed by atoms with Gasteiger partial charge in [-0.1, -0.05) is 0 Å². The number of nitrogens with one attached hydrogen (secondary N) is 2. The molecule has 0 atom stereocenters. The smallest absolute Gasteiger partial charge is 0.191 e. The number of rotatable bonds is 8. The first-order valence-electron chi connectivity index (χ1n) is 7.33. The fourth-order valence-electron chi connectivity index (χ4n) is 1.75. The number of guanidine groups is 1. The lowest BCUT2D eigenvalue weighted by Gasteiger charge is -2.11. The van der Waals surface area contributed by atoms with Gasteiger partial charge >= 0.3 is 0 Å². The Kier molecular flexibility index (Phi) is 6.25. The molecule has 118 valence electrons. The fourth-order valence-corrected chi connectivity index (χ4v) is 2.51. The molecule has 0 aliphatic heterocycles. The zero-order valence-electron chi connectivity index (χ0n) is 13.1. The van der Waals surface area contributed by atoms with Crippen molar-refractivity contribution >= 4 is 22.4 Å². The van der Waals surface area contributed by atoms with Gasteiger partial charge < -0.3 is 20.3 Å². The molecule has 0 bridgehead atoms. The van der Waals surface area contributed by atoms with Gasteiger partial charge in [-0.15, -0.1) is 11.3 Å². The summed E-state index contributed by atoms with van der Waals surface area (Å²) in [6.07, 6.45) is 2.67. The highest BCUT2D eigenvalue weighted by atomic mass is 32.1. The third-order valence-electron chi connectivity index (χ3n) is 3.17. The van der Waals surface area contributed by atoms with Crippen LogP contribution in [-0.2, 0) is 11.3 Å². The van der Waals surface area contributed by atoms with E-state index in [1.807, 2.05) is 19.0 Å². The maximum Gasteiger partial charge on any atom is 0.191 e. The molecule has 0 aromatic carbocycles. The summed E-state index contributed by atoms with van der Waals surface area (Å²) in [7, 11) is 5.77. The number of aliphatic imine (C=N–C) groups is 1. The van der Waals surface area contributed by atoms with Crippen molar-refractivity contribution in [2.75, 3.05) is 45.8 Å². The molecule has 1 heterocycles. The van der Waals surface area contributed by atoms with Gasteiger partial charge in [-0.3, -0.25) is 4.99 Å². The molecule has 2 N–H and O–H groups in total. The highest BCUT2D eigenvalue weighted by Gasteiger charge is 2.20. The Bertz CT molecular complexity index is 456. The summed E-state index contributed by atoms with van der Waals surface area (Å²) < 4.78 is 5.58. The molecule has 1 aliphatic carbocycles. The van der Waals surface area contributed by atoms with E-state index in [4.69, 9.17) is 4.74 Å². The van der Waals surface area contributed by atoms with E-state index in [1.165, 1.54) is 12.8 Å². The van der Waals surface area contributed by atoms with Gasteiger partial charge in [0, 0.05) is 39.7 Å². The summed E-state index contributed by atoms with van der Waals surface area (Å²) in [5, 5.41) is 9.58. The van der Waals surface area contributed by atoms with Crippen LogP contribution >= 0.6 is 11.3 Å². The molecule has 0 saturated heterocycles. The Morgan fingerprint density at radius 2 is 2.29 bits per heavy atom. The van der Waals surface area contributed by atoms with Crippen LogP contribution in [-0.4, -0.2) is 51.8 Å². The molecule has 7 heteroatoms. The second-order valence-corrected chi connectivity index (χ2v) is 6.22. The molecule has 6 nitrogen and oxygen atoms in total. The van der Waals surface area contributed by atoms with Crippen molar-refractivity contribution in [3.8, 4) is 0 Å². The first-order chi connectivity index (χ1) is 10.2. The highest BCUT2D eigenvalue weighted by molar-refractivity contribution is 7.13. The van der Waals surface area contributed by atoms with E-state index >= 15 is 0 Å². The summed E-state index contributed by atoms with van der Waals surface area (Å²) in [5.74, 6) is 1.60. The lowest BCUT2D eigenvalue weighted by molar-refractivity contribution is 0.129. The number of ether oxygens (including phenoxy) is 1. The Morgan fingerprint density at radius 1 is 1.48 bits per heavy atom. The zero-order valence-corrected chi connectivity index (χ0v) is 13.9. The largest absolute Gasteiger partial charge is 0.379 e. The molecule has 1 aliphatic rings. The molecule has 0 spiro atoms. The third kappa shape index (κ3) is 5.89. The van der Waals surface area contributed by atoms with Gasteiger partial charge in [-0.05, 0) is 18.8 Å². The molecular formula is C14H25N5OS. The molecule has 1 aromatic rings. The second kappa shape index (κ2) is 8.19. The molecule has 1 aromatic heterocycles. The van der Waals surface area contributed by atoms with E-state index < -0.39 is 0 Å². The van der Waals surface area contributed by atoms with Crippen LogP contribution in [0.25, 0.3) is 0 Å². The average molecular weight is 311 g/mol. The van der Waals surface area contributed by atoms with Crippen LogP contribution < -0.4 is 15.5 Å². The van der Waals surface area contributed by atoms with Crippen molar-refractivity contribution in [3.63, 3.8) is 0 Å². The lowest BCUT2D eigenvalue weighted by Crippen LogP contribution is -2.38. The van der Waals surface area contributed by atoms with E-state index in [0.29, 0.717) is 6.54 Å². The van der Waals surface area contributed by atoms with Gasteiger partial charge in [0.2, 0.25) is 0 Å². The quantitative estimate of drug-likeness (QED) is 0.430. The minimum absolute atomic E-state index is 0.674. The predicted molar refractivity (Wildman–Crippen MR) is 88.2 cm³/mol. The van der Waals surface area contributed by atoms with Crippen LogP contribution in [0, 0.1) is 5.92 Å². The van der Waals surface area contributed by atoms with Crippen molar-refractivity contribution in [3.05, 3.63) is 11.1 Å². The monoisotopic (exact) mass is 311 g/mol. The normalized spacial score (nSPS) is 15.1. The predicted octanol–water partition coefficient (Wildman–Crippen LogP) is 1.30. The van der Waals surface area contributed by atoms with Crippen molar-refractivity contribution in [1.29, 1.82) is 0 Å². The summed E-state index contributed by atoms with van der Waals surface area (Å²) in [6.45, 7) is 3.07. The minimum atomic E-state index is 0.674. The Balaban J connectivity index is 1.61. The zero-order chi connectivity index (χ0) is 15.1. The van der Waals surface area contributed by atoms with Gasteiger partial charge in [-0.2, -0.15) is 0 Å². The van der Waals surface area contributed by atoms with Crippen molar-refractivity contribution in [2.24, 2.45) is 10.9 Å². The Labute approximate surface area is 130 Å². The summed E-state index contributed by atoms with van der Waals surface area (Å²) in [6, 6.07) is 0. The van der Waals surface area contributed by atoms with E-state index in [2.05, 4.69) is 26.0 Å². The number of anilines is 1. The number of hydrogen-bond donors (Lipinski definition) is 2. The van der Waals surface area contributed by atoms with Gasteiger partial charge in [0.1, 0.15) is 0 Å². The van der Waals surface area contributed by atoms with Crippen molar-refractivity contribution in [2.45, 2.75) is 19.4 Å². The molecule has 21 heavy (non-hydrogen) atoms. The Hall–Kier alpha value is -1.34. The maximum absolute atomic E-state index is 5.58. The summed E-state index contributed by atoms with van der Waals surface area (Å²) in [5.41, 5.74) is 1.02. The maximum atomic E-state index is 5.58. The molecule has 0 unspecified atom stereocenters. The van der Waals surface area contributed by atoms with Crippen LogP contribution in [0.1, 0.15) is 18.5 Å². The van der Waals surface area contributed by atoms with Crippen LogP contribution in [0.15, 0.2) is 10.4 Å². The van der Waals surface area contributed by atoms with Gasteiger partial charge in [0.05, 0.1) is 18.8 Å². The first kappa shape index (κ1) is 16.0. The molecule has 1 fully saturated rings. The first-order valence-corrected chi connectivity index (χ1v) is 8.21. The van der Waals surface area contributed by atoms with E-state index in [-0.39, 0.29) is 0 Å². The van der Waals surface area contributed by atoms with Crippen LogP contribution in [0.3, 0.4) is 0 Å². The van der Waals surface area contributed by atoms with Crippen molar-refractivity contribution in [1.82, 2.24) is 15.6 Å². The van der Waals surface area contributed by atoms with E-state index in [1.54, 1.807) is 18.4 Å². The standard InChI is InChI=1S/C14H25N5OS/c1-15-13(16-6-7-20-9-11-4-5-11)17-8-12-10-21-14(18-12)19(2)3/h10-11H,4-9H2,1-3H3,(H2,15,16,17). The Morgan fingerprint density at radius 3 is 2.90 bits per heavy atom. The lowest BCUT2D eigenvalue weighted by atomic mass is 10.5. The third-order valence-corrected chi connectivity index (χ3v) is 4.23. The summed E-state index contributed by atoms with van der Waals surface area (Å²) >= 11 is 1.64. The van der Waals surface area contributed by atoms with Crippen LogP contribution in [0.5, 0.6) is 0 Å². The van der Waals surface area contributed by atoms with Gasteiger partial charge in [0.15, 0.2) is 11.1 Å². The molecule has 0 amide bonds. The number of hydrogen-bond acceptors (Lipinski definition) is 5. The molecule has 0 radical (unpaired) electrons. The minimum Gasteiger partial charge on any atom is -0.379 e. The molecule has 2 rings (SSSR count). The number of aromatic nitrogens is 1. The van der Waals surface area contributed by atoms with Gasteiger partial charge in [-0.25, -0.2) is 4.98 Å². The van der Waals surface area contributed by atoms with E-state index in [9.17, 15) is 0 Å². The SMILES string of the molecule is CN=C(NCCOCC1CC1)NCc1csc(N(C)C)n1. The highest BCUT2D eigenvalue weighted by Crippen LogP contribution is 2.28. The average Bonchev–Trinajstić information content (AvgIpc) is 3.17. The second-order valence-electron chi connectivity index (χ2n) is 5.39. The van der Waals surface area contributed by atoms with Gasteiger partial charge in [0.25, 0.3) is 0 Å².